The maximum absolute atomic E-state index is 12.6. The van der Waals surface area contributed by atoms with Crippen LogP contribution in [0, 0.1) is 5.92 Å². The van der Waals surface area contributed by atoms with Crippen molar-refractivity contribution in [1.29, 1.82) is 0 Å². The highest BCUT2D eigenvalue weighted by atomic mass is 16.2. The molecule has 1 saturated carbocycles. The molecule has 24 heavy (non-hydrogen) atoms. The molecular formula is C20H31N3O. The topological polar surface area (TPSA) is 35.6 Å². The van der Waals surface area contributed by atoms with E-state index in [1.165, 1.54) is 36.9 Å². The Kier molecular flexibility index (Phi) is 6.13. The van der Waals surface area contributed by atoms with E-state index in [1.807, 2.05) is 7.05 Å². The third-order valence-corrected chi connectivity index (χ3v) is 5.47. The van der Waals surface area contributed by atoms with Crippen molar-refractivity contribution in [2.24, 2.45) is 5.92 Å². The number of carbonyl (C=O) groups is 1. The molecule has 0 spiro atoms. The number of benzene rings is 1. The van der Waals surface area contributed by atoms with E-state index in [4.69, 9.17) is 0 Å². The van der Waals surface area contributed by atoms with Crippen molar-refractivity contribution in [3.05, 3.63) is 29.8 Å². The van der Waals surface area contributed by atoms with Crippen LogP contribution >= 0.6 is 0 Å². The molecule has 1 N–H and O–H groups in total. The smallest absolute Gasteiger partial charge is 0.223 e. The van der Waals surface area contributed by atoms with Crippen LogP contribution in [0.2, 0.25) is 0 Å². The van der Waals surface area contributed by atoms with Gasteiger partial charge in [0.1, 0.15) is 0 Å². The van der Waals surface area contributed by atoms with Gasteiger partial charge in [-0.3, -0.25) is 4.79 Å². The van der Waals surface area contributed by atoms with Gasteiger partial charge in [0.15, 0.2) is 0 Å². The number of anilines is 1. The molecule has 2 aliphatic rings. The van der Waals surface area contributed by atoms with E-state index >= 15 is 0 Å². The Morgan fingerprint density at radius 2 is 1.88 bits per heavy atom. The SMILES string of the molecule is CNCc1ccc(N2CCCN(C(=O)CCC3CCCC3)C2)cc1. The number of rotatable bonds is 6. The summed E-state index contributed by atoms with van der Waals surface area (Å²) in [6.07, 6.45) is 8.28. The fourth-order valence-electron chi connectivity index (χ4n) is 4.03. The van der Waals surface area contributed by atoms with Crippen LogP contribution in [0.15, 0.2) is 24.3 Å². The maximum Gasteiger partial charge on any atom is 0.223 e. The molecule has 1 aromatic carbocycles. The lowest BCUT2D eigenvalue weighted by Crippen LogP contribution is -2.47. The second-order valence-corrected chi connectivity index (χ2v) is 7.30. The van der Waals surface area contributed by atoms with E-state index in [1.54, 1.807) is 0 Å². The van der Waals surface area contributed by atoms with Gasteiger partial charge < -0.3 is 15.1 Å². The first-order chi connectivity index (χ1) is 11.8. The van der Waals surface area contributed by atoms with Crippen LogP contribution in [0.25, 0.3) is 0 Å². The zero-order chi connectivity index (χ0) is 16.8. The Morgan fingerprint density at radius 1 is 1.12 bits per heavy atom. The van der Waals surface area contributed by atoms with Crippen LogP contribution in [0.4, 0.5) is 5.69 Å². The quantitative estimate of drug-likeness (QED) is 0.869. The van der Waals surface area contributed by atoms with Gasteiger partial charge in [-0.1, -0.05) is 37.8 Å². The molecule has 0 atom stereocenters. The molecule has 2 fully saturated rings. The number of amides is 1. The van der Waals surface area contributed by atoms with Crippen LogP contribution in [-0.4, -0.2) is 37.6 Å². The van der Waals surface area contributed by atoms with Gasteiger partial charge in [-0.05, 0) is 43.5 Å². The Balaban J connectivity index is 1.52. The molecule has 0 radical (unpaired) electrons. The predicted molar refractivity (Wildman–Crippen MR) is 98.9 cm³/mol. The van der Waals surface area contributed by atoms with Crippen molar-refractivity contribution < 1.29 is 4.79 Å². The first kappa shape index (κ1) is 17.3. The van der Waals surface area contributed by atoms with Gasteiger partial charge in [0, 0.05) is 31.7 Å². The molecule has 132 valence electrons. The average Bonchev–Trinajstić information content (AvgIpc) is 3.14. The Bertz CT molecular complexity index is 522. The molecule has 0 aromatic heterocycles. The molecular weight excluding hydrogens is 298 g/mol. The summed E-state index contributed by atoms with van der Waals surface area (Å²) in [5.41, 5.74) is 2.52. The summed E-state index contributed by atoms with van der Waals surface area (Å²) in [4.78, 5) is 17.0. The standard InChI is InChI=1S/C20H31N3O/c1-21-15-18-7-10-19(11-8-18)22-13-4-14-23(16-22)20(24)12-9-17-5-2-3-6-17/h7-8,10-11,17,21H,2-6,9,12-16H2,1H3. The van der Waals surface area contributed by atoms with Crippen molar-refractivity contribution in [2.75, 3.05) is 31.7 Å². The molecule has 1 heterocycles. The third kappa shape index (κ3) is 4.50. The number of carbonyl (C=O) groups excluding carboxylic acids is 1. The van der Waals surface area contributed by atoms with Gasteiger partial charge in [0.2, 0.25) is 5.91 Å². The third-order valence-electron chi connectivity index (χ3n) is 5.47. The summed E-state index contributed by atoms with van der Waals surface area (Å²) in [5.74, 6) is 1.15. The highest BCUT2D eigenvalue weighted by Gasteiger charge is 2.23. The average molecular weight is 329 g/mol. The molecule has 4 nitrogen and oxygen atoms in total. The summed E-state index contributed by atoms with van der Waals surface area (Å²) in [6, 6.07) is 8.71. The molecule has 3 rings (SSSR count). The van der Waals surface area contributed by atoms with Crippen LogP contribution in [0.3, 0.4) is 0 Å². The normalized spacial score (nSPS) is 19.0. The zero-order valence-corrected chi connectivity index (χ0v) is 15.0. The molecule has 1 saturated heterocycles. The van der Waals surface area contributed by atoms with E-state index < -0.39 is 0 Å². The van der Waals surface area contributed by atoms with Crippen molar-refractivity contribution in [3.63, 3.8) is 0 Å². The van der Waals surface area contributed by atoms with Gasteiger partial charge in [-0.2, -0.15) is 0 Å². The summed E-state index contributed by atoms with van der Waals surface area (Å²) < 4.78 is 0. The predicted octanol–water partition coefficient (Wildman–Crippen LogP) is 3.37. The minimum atomic E-state index is 0.346. The summed E-state index contributed by atoms with van der Waals surface area (Å²) in [5, 5.41) is 3.18. The van der Waals surface area contributed by atoms with Gasteiger partial charge in [0.25, 0.3) is 0 Å². The molecule has 1 amide bonds. The van der Waals surface area contributed by atoms with E-state index in [0.717, 1.165) is 51.5 Å². The minimum Gasteiger partial charge on any atom is -0.354 e. The second kappa shape index (κ2) is 8.52. The van der Waals surface area contributed by atoms with Crippen LogP contribution in [-0.2, 0) is 11.3 Å². The summed E-state index contributed by atoms with van der Waals surface area (Å²) in [6.45, 7) is 3.59. The van der Waals surface area contributed by atoms with E-state index in [-0.39, 0.29) is 0 Å². The van der Waals surface area contributed by atoms with Crippen molar-refractivity contribution in [3.8, 4) is 0 Å². The Morgan fingerprint density at radius 3 is 2.58 bits per heavy atom. The van der Waals surface area contributed by atoms with Crippen molar-refractivity contribution in [1.82, 2.24) is 10.2 Å². The van der Waals surface area contributed by atoms with E-state index in [0.29, 0.717) is 5.91 Å². The van der Waals surface area contributed by atoms with Crippen LogP contribution in [0.5, 0.6) is 0 Å². The van der Waals surface area contributed by atoms with Gasteiger partial charge in [0.05, 0.1) is 6.67 Å². The lowest BCUT2D eigenvalue weighted by molar-refractivity contribution is -0.132. The Labute approximate surface area is 146 Å². The molecule has 1 aliphatic carbocycles. The lowest BCUT2D eigenvalue weighted by Gasteiger charge is -2.37. The number of nitrogens with one attached hydrogen (secondary N) is 1. The monoisotopic (exact) mass is 329 g/mol. The zero-order valence-electron chi connectivity index (χ0n) is 15.0. The van der Waals surface area contributed by atoms with Gasteiger partial charge in [-0.15, -0.1) is 0 Å². The maximum atomic E-state index is 12.6. The molecule has 4 heteroatoms. The first-order valence-corrected chi connectivity index (χ1v) is 9.52. The first-order valence-electron chi connectivity index (χ1n) is 9.52. The molecule has 0 unspecified atom stereocenters. The van der Waals surface area contributed by atoms with Gasteiger partial charge in [-0.25, -0.2) is 0 Å². The van der Waals surface area contributed by atoms with Crippen molar-refractivity contribution >= 4 is 11.6 Å². The van der Waals surface area contributed by atoms with Crippen molar-refractivity contribution in [2.45, 2.75) is 51.5 Å². The number of nitrogens with zero attached hydrogens (tertiary/aromatic N) is 2. The molecule has 1 aliphatic heterocycles. The fraction of sp³-hybridized carbons (Fsp3) is 0.650. The summed E-state index contributed by atoms with van der Waals surface area (Å²) >= 11 is 0. The highest BCUT2D eigenvalue weighted by Crippen LogP contribution is 2.29. The van der Waals surface area contributed by atoms with Gasteiger partial charge >= 0.3 is 0 Å². The minimum absolute atomic E-state index is 0.346. The molecule has 0 bridgehead atoms. The largest absolute Gasteiger partial charge is 0.354 e. The molecule has 1 aromatic rings. The highest BCUT2D eigenvalue weighted by molar-refractivity contribution is 5.76. The van der Waals surface area contributed by atoms with E-state index in [9.17, 15) is 4.79 Å². The van der Waals surface area contributed by atoms with Crippen LogP contribution in [0.1, 0.15) is 50.5 Å². The summed E-state index contributed by atoms with van der Waals surface area (Å²) in [7, 11) is 1.97. The lowest BCUT2D eigenvalue weighted by atomic mass is 10.0. The number of hydrogen-bond acceptors (Lipinski definition) is 3. The second-order valence-electron chi connectivity index (χ2n) is 7.30. The van der Waals surface area contributed by atoms with E-state index in [2.05, 4.69) is 39.4 Å². The number of hydrogen-bond donors (Lipinski definition) is 1. The fourth-order valence-corrected chi connectivity index (χ4v) is 4.03. The van der Waals surface area contributed by atoms with Crippen LogP contribution < -0.4 is 10.2 Å². The Hall–Kier alpha value is -1.55.